The summed E-state index contributed by atoms with van der Waals surface area (Å²) in [6, 6.07) is 4.75. The number of hydrogen-bond donors (Lipinski definition) is 3. The van der Waals surface area contributed by atoms with E-state index in [4.69, 9.17) is 0 Å². The fourth-order valence-electron chi connectivity index (χ4n) is 1.91. The summed E-state index contributed by atoms with van der Waals surface area (Å²) in [4.78, 5) is 25.8. The van der Waals surface area contributed by atoms with E-state index in [0.29, 0.717) is 6.54 Å². The second kappa shape index (κ2) is 5.51. The lowest BCUT2D eigenvalue weighted by molar-refractivity contribution is 0.0948. The van der Waals surface area contributed by atoms with Gasteiger partial charge >= 0.3 is 0 Å². The second-order valence-corrected chi connectivity index (χ2v) is 4.41. The monoisotopic (exact) mass is 260 g/mol. The van der Waals surface area contributed by atoms with Crippen LogP contribution in [-0.2, 0) is 6.42 Å². The van der Waals surface area contributed by atoms with Crippen molar-refractivity contribution in [2.45, 2.75) is 20.3 Å². The Bertz CT molecular complexity index is 622. The zero-order valence-corrected chi connectivity index (χ0v) is 10.9. The maximum atomic E-state index is 11.7. The molecule has 0 bridgehead atoms. The van der Waals surface area contributed by atoms with Gasteiger partial charge in [-0.3, -0.25) is 9.59 Å². The first-order valence-corrected chi connectivity index (χ1v) is 6.05. The highest BCUT2D eigenvalue weighted by molar-refractivity contribution is 5.91. The lowest BCUT2D eigenvalue weighted by Gasteiger charge is -2.03. The Kier molecular flexibility index (Phi) is 3.79. The van der Waals surface area contributed by atoms with Crippen LogP contribution in [0.25, 0.3) is 0 Å². The van der Waals surface area contributed by atoms with Crippen molar-refractivity contribution in [2.75, 3.05) is 6.54 Å². The van der Waals surface area contributed by atoms with Gasteiger partial charge in [0.2, 0.25) is 0 Å². The van der Waals surface area contributed by atoms with Crippen molar-refractivity contribution in [3.63, 3.8) is 0 Å². The minimum absolute atomic E-state index is 0.210. The van der Waals surface area contributed by atoms with Gasteiger partial charge in [0.15, 0.2) is 0 Å². The van der Waals surface area contributed by atoms with Crippen LogP contribution in [0.5, 0.6) is 0 Å². The zero-order chi connectivity index (χ0) is 13.8. The van der Waals surface area contributed by atoms with Gasteiger partial charge < -0.3 is 10.3 Å². The molecule has 0 atom stereocenters. The third kappa shape index (κ3) is 3.31. The molecule has 0 aliphatic rings. The molecular weight excluding hydrogens is 244 g/mol. The van der Waals surface area contributed by atoms with Gasteiger partial charge in [-0.15, -0.1) is 0 Å². The van der Waals surface area contributed by atoms with Gasteiger partial charge in [-0.1, -0.05) is 0 Å². The molecule has 3 N–H and O–H groups in total. The van der Waals surface area contributed by atoms with Gasteiger partial charge in [-0.25, -0.2) is 5.10 Å². The topological polar surface area (TPSA) is 90.6 Å². The third-order valence-electron chi connectivity index (χ3n) is 2.85. The van der Waals surface area contributed by atoms with Gasteiger partial charge in [0, 0.05) is 24.0 Å². The Hall–Kier alpha value is -2.37. The van der Waals surface area contributed by atoms with E-state index < -0.39 is 0 Å². The highest BCUT2D eigenvalue weighted by atomic mass is 16.2. The van der Waals surface area contributed by atoms with Crippen molar-refractivity contribution in [2.24, 2.45) is 0 Å². The molecule has 6 nitrogen and oxygen atoms in total. The summed E-state index contributed by atoms with van der Waals surface area (Å²) < 4.78 is 0. The smallest absolute Gasteiger partial charge is 0.271 e. The van der Waals surface area contributed by atoms with Crippen molar-refractivity contribution < 1.29 is 4.79 Å². The van der Waals surface area contributed by atoms with E-state index in [9.17, 15) is 9.59 Å². The number of amides is 1. The van der Waals surface area contributed by atoms with Gasteiger partial charge in [0.25, 0.3) is 11.5 Å². The van der Waals surface area contributed by atoms with Crippen LogP contribution >= 0.6 is 0 Å². The van der Waals surface area contributed by atoms with Crippen LogP contribution in [0.3, 0.4) is 0 Å². The number of nitrogens with zero attached hydrogens (tertiary/aromatic N) is 1. The van der Waals surface area contributed by atoms with E-state index in [0.717, 1.165) is 17.8 Å². The summed E-state index contributed by atoms with van der Waals surface area (Å²) in [5, 5.41) is 8.67. The lowest BCUT2D eigenvalue weighted by Crippen LogP contribution is -2.27. The molecule has 2 aromatic rings. The van der Waals surface area contributed by atoms with Crippen LogP contribution in [0.2, 0.25) is 0 Å². The van der Waals surface area contributed by atoms with Gasteiger partial charge in [0.1, 0.15) is 5.69 Å². The Morgan fingerprint density at radius 3 is 2.74 bits per heavy atom. The predicted molar refractivity (Wildman–Crippen MR) is 71.2 cm³/mol. The van der Waals surface area contributed by atoms with Crippen LogP contribution in [0.1, 0.15) is 27.4 Å². The Labute approximate surface area is 110 Å². The lowest BCUT2D eigenvalue weighted by atomic mass is 10.2. The average Bonchev–Trinajstić information content (AvgIpc) is 2.68. The molecule has 1 amide bonds. The molecular formula is C13H16N4O2. The van der Waals surface area contributed by atoms with E-state index in [-0.39, 0.29) is 17.2 Å². The minimum Gasteiger partial charge on any atom is -0.362 e. The number of rotatable bonds is 4. The van der Waals surface area contributed by atoms with E-state index >= 15 is 0 Å². The molecule has 19 heavy (non-hydrogen) atoms. The standard InChI is InChI=1S/C13H16N4O2/c1-8-7-10(9(2)15-8)5-6-14-13(19)11-3-4-12(18)17-16-11/h3-4,7,15H,5-6H2,1-2H3,(H,14,19)(H,17,18). The SMILES string of the molecule is Cc1cc(CCNC(=O)c2ccc(=O)[nH]n2)c(C)[nH]1. The van der Waals surface area contributed by atoms with Crippen molar-refractivity contribution in [1.29, 1.82) is 0 Å². The number of aryl methyl sites for hydroxylation is 2. The normalized spacial score (nSPS) is 10.4. The molecule has 2 heterocycles. The molecule has 6 heteroatoms. The largest absolute Gasteiger partial charge is 0.362 e. The second-order valence-electron chi connectivity index (χ2n) is 4.41. The van der Waals surface area contributed by atoms with Crippen molar-refractivity contribution in [3.8, 4) is 0 Å². The highest BCUT2D eigenvalue weighted by Crippen LogP contribution is 2.09. The summed E-state index contributed by atoms with van der Waals surface area (Å²) in [6.07, 6.45) is 0.755. The van der Waals surface area contributed by atoms with Crippen molar-refractivity contribution in [3.05, 3.63) is 51.2 Å². The van der Waals surface area contributed by atoms with Crippen LogP contribution in [0.4, 0.5) is 0 Å². The van der Waals surface area contributed by atoms with Crippen LogP contribution in [0, 0.1) is 13.8 Å². The fourth-order valence-corrected chi connectivity index (χ4v) is 1.91. The molecule has 0 fully saturated rings. The van der Waals surface area contributed by atoms with Crippen molar-refractivity contribution >= 4 is 5.91 Å². The first kappa shape index (κ1) is 13.1. The first-order chi connectivity index (χ1) is 9.06. The molecule has 0 unspecified atom stereocenters. The molecule has 2 aromatic heterocycles. The number of hydrogen-bond acceptors (Lipinski definition) is 3. The average molecular weight is 260 g/mol. The molecule has 0 radical (unpaired) electrons. The third-order valence-corrected chi connectivity index (χ3v) is 2.85. The van der Waals surface area contributed by atoms with Crippen molar-refractivity contribution in [1.82, 2.24) is 20.5 Å². The zero-order valence-electron chi connectivity index (χ0n) is 10.9. The van der Waals surface area contributed by atoms with Crippen LogP contribution in [-0.4, -0.2) is 27.6 Å². The Morgan fingerprint density at radius 2 is 2.16 bits per heavy atom. The number of aromatic amines is 2. The Morgan fingerprint density at radius 1 is 1.37 bits per heavy atom. The quantitative estimate of drug-likeness (QED) is 0.755. The summed E-state index contributed by atoms with van der Waals surface area (Å²) >= 11 is 0. The molecule has 0 spiro atoms. The van der Waals surface area contributed by atoms with E-state index in [2.05, 4.69) is 26.6 Å². The summed E-state index contributed by atoms with van der Waals surface area (Å²) in [5.74, 6) is -0.291. The Balaban J connectivity index is 1.89. The number of carbonyl (C=O) groups excluding carboxylic acids is 1. The molecule has 0 aromatic carbocycles. The molecule has 0 saturated carbocycles. The van der Waals surface area contributed by atoms with Gasteiger partial charge in [-0.2, -0.15) is 5.10 Å². The highest BCUT2D eigenvalue weighted by Gasteiger charge is 2.07. The number of carbonyl (C=O) groups is 1. The first-order valence-electron chi connectivity index (χ1n) is 6.05. The maximum Gasteiger partial charge on any atom is 0.271 e. The predicted octanol–water partition coefficient (Wildman–Crippen LogP) is 0.687. The molecule has 0 saturated heterocycles. The molecule has 100 valence electrons. The molecule has 0 aliphatic heterocycles. The number of aromatic nitrogens is 3. The number of nitrogens with one attached hydrogen (secondary N) is 3. The van der Waals surface area contributed by atoms with Gasteiger partial charge in [-0.05, 0) is 38.0 Å². The van der Waals surface area contributed by atoms with Gasteiger partial charge in [0.05, 0.1) is 0 Å². The number of H-pyrrole nitrogens is 2. The van der Waals surface area contributed by atoms with E-state index in [1.807, 2.05) is 13.8 Å². The van der Waals surface area contributed by atoms with E-state index in [1.54, 1.807) is 0 Å². The van der Waals surface area contributed by atoms with E-state index in [1.165, 1.54) is 17.7 Å². The summed E-state index contributed by atoms with van der Waals surface area (Å²) in [6.45, 7) is 4.53. The van der Waals surface area contributed by atoms with Crippen LogP contribution < -0.4 is 10.9 Å². The minimum atomic E-state index is -0.324. The fraction of sp³-hybridized carbons (Fsp3) is 0.308. The molecule has 2 rings (SSSR count). The summed E-state index contributed by atoms with van der Waals surface area (Å²) in [7, 11) is 0. The maximum absolute atomic E-state index is 11.7. The molecule has 0 aliphatic carbocycles. The summed E-state index contributed by atoms with van der Waals surface area (Å²) in [5.41, 5.74) is 3.30. The van der Waals surface area contributed by atoms with Crippen LogP contribution in [0.15, 0.2) is 23.0 Å².